The summed E-state index contributed by atoms with van der Waals surface area (Å²) in [4.78, 5) is 14.4. The van der Waals surface area contributed by atoms with Gasteiger partial charge in [-0.05, 0) is 49.8 Å². The highest BCUT2D eigenvalue weighted by Crippen LogP contribution is 2.26. The third kappa shape index (κ3) is 6.06. The van der Waals surface area contributed by atoms with Gasteiger partial charge in [0.05, 0.1) is 18.4 Å². The molecule has 1 saturated heterocycles. The van der Waals surface area contributed by atoms with Crippen LogP contribution >= 0.6 is 0 Å². The SMILES string of the molecule is CC(C)OC(=O)N1CCCC(NS(C)(=O)=O)C1Cc1cccc(-c2ccccc2)c1. The second-order valence-electron chi connectivity index (χ2n) is 8.10. The number of sulfonamides is 1. The van der Waals surface area contributed by atoms with Gasteiger partial charge in [-0.25, -0.2) is 17.9 Å². The van der Waals surface area contributed by atoms with Gasteiger partial charge in [0.2, 0.25) is 10.0 Å². The molecule has 2 aromatic carbocycles. The largest absolute Gasteiger partial charge is 0.447 e. The predicted molar refractivity (Wildman–Crippen MR) is 119 cm³/mol. The quantitative estimate of drug-likeness (QED) is 0.756. The Hall–Kier alpha value is -2.38. The Kier molecular flexibility index (Phi) is 7.15. The van der Waals surface area contributed by atoms with E-state index < -0.39 is 16.1 Å². The van der Waals surface area contributed by atoms with E-state index in [0.717, 1.165) is 29.4 Å². The molecule has 1 heterocycles. The van der Waals surface area contributed by atoms with Crippen molar-refractivity contribution >= 4 is 16.1 Å². The van der Waals surface area contributed by atoms with Crippen molar-refractivity contribution in [1.29, 1.82) is 0 Å². The molecule has 0 radical (unpaired) electrons. The van der Waals surface area contributed by atoms with Gasteiger partial charge in [-0.2, -0.15) is 0 Å². The first-order chi connectivity index (χ1) is 14.2. The summed E-state index contributed by atoms with van der Waals surface area (Å²) in [5.41, 5.74) is 3.25. The number of nitrogens with one attached hydrogen (secondary N) is 1. The number of nitrogens with zero attached hydrogens (tertiary/aromatic N) is 1. The van der Waals surface area contributed by atoms with Crippen LogP contribution in [-0.4, -0.2) is 50.4 Å². The standard InChI is InChI=1S/C23H30N2O4S/c1-17(2)29-23(26)25-14-8-13-21(24-30(3,27)28)22(25)16-18-9-7-12-20(15-18)19-10-5-4-6-11-19/h4-7,9-12,15,17,21-22,24H,8,13-14,16H2,1-3H3. The Morgan fingerprint density at radius 1 is 1.13 bits per heavy atom. The van der Waals surface area contributed by atoms with Gasteiger partial charge in [0.15, 0.2) is 0 Å². The lowest BCUT2D eigenvalue weighted by Gasteiger charge is -2.41. The van der Waals surface area contributed by atoms with Crippen molar-refractivity contribution in [3.8, 4) is 11.1 Å². The van der Waals surface area contributed by atoms with E-state index >= 15 is 0 Å². The smallest absolute Gasteiger partial charge is 0.410 e. The number of carbonyl (C=O) groups excluding carboxylic acids is 1. The lowest BCUT2D eigenvalue weighted by atomic mass is 9.90. The monoisotopic (exact) mass is 430 g/mol. The summed E-state index contributed by atoms with van der Waals surface area (Å²) >= 11 is 0. The number of hydrogen-bond acceptors (Lipinski definition) is 4. The summed E-state index contributed by atoms with van der Waals surface area (Å²) in [5, 5.41) is 0. The number of carbonyl (C=O) groups is 1. The Bertz CT molecular complexity index is 960. The van der Waals surface area contributed by atoms with E-state index in [-0.39, 0.29) is 18.2 Å². The lowest BCUT2D eigenvalue weighted by molar-refractivity contribution is 0.0461. The van der Waals surface area contributed by atoms with Gasteiger partial charge >= 0.3 is 6.09 Å². The Balaban J connectivity index is 1.89. The molecule has 7 heteroatoms. The summed E-state index contributed by atoms with van der Waals surface area (Å²) in [6.07, 6.45) is 2.48. The third-order valence-corrected chi connectivity index (χ3v) is 5.93. The van der Waals surface area contributed by atoms with Crippen LogP contribution in [0.2, 0.25) is 0 Å². The van der Waals surface area contributed by atoms with Crippen molar-refractivity contribution in [2.75, 3.05) is 12.8 Å². The summed E-state index contributed by atoms with van der Waals surface area (Å²) in [5.74, 6) is 0. The van der Waals surface area contributed by atoms with Gasteiger partial charge in [-0.15, -0.1) is 0 Å². The van der Waals surface area contributed by atoms with Crippen LogP contribution in [0.1, 0.15) is 32.3 Å². The molecular weight excluding hydrogens is 400 g/mol. The molecule has 0 spiro atoms. The molecule has 2 unspecified atom stereocenters. The zero-order chi connectivity index (χ0) is 21.7. The van der Waals surface area contributed by atoms with Crippen LogP contribution in [0, 0.1) is 0 Å². The van der Waals surface area contributed by atoms with Gasteiger partial charge in [-0.1, -0.05) is 54.6 Å². The second-order valence-corrected chi connectivity index (χ2v) is 9.88. The fourth-order valence-electron chi connectivity index (χ4n) is 3.97. The van der Waals surface area contributed by atoms with E-state index in [0.29, 0.717) is 19.4 Å². The highest BCUT2D eigenvalue weighted by molar-refractivity contribution is 7.88. The average molecular weight is 431 g/mol. The van der Waals surface area contributed by atoms with Crippen molar-refractivity contribution in [2.45, 2.75) is 51.3 Å². The molecule has 1 aliphatic rings. The lowest BCUT2D eigenvalue weighted by Crippen LogP contribution is -2.58. The summed E-state index contributed by atoms with van der Waals surface area (Å²) in [7, 11) is -3.40. The van der Waals surface area contributed by atoms with Gasteiger partial charge < -0.3 is 9.64 Å². The first-order valence-corrected chi connectivity index (χ1v) is 12.2. The molecule has 0 aliphatic carbocycles. The second kappa shape index (κ2) is 9.62. The van der Waals surface area contributed by atoms with Crippen molar-refractivity contribution in [1.82, 2.24) is 9.62 Å². The number of rotatable bonds is 6. The number of ether oxygens (including phenoxy) is 1. The molecule has 1 N–H and O–H groups in total. The Labute approximate surface area is 179 Å². The number of benzene rings is 2. The molecule has 30 heavy (non-hydrogen) atoms. The van der Waals surface area contributed by atoms with Crippen LogP contribution in [0.5, 0.6) is 0 Å². The fraction of sp³-hybridized carbons (Fsp3) is 0.435. The minimum absolute atomic E-state index is 0.234. The van der Waals surface area contributed by atoms with E-state index in [1.807, 2.05) is 44.2 Å². The summed E-state index contributed by atoms with van der Waals surface area (Å²) in [6, 6.07) is 17.6. The first-order valence-electron chi connectivity index (χ1n) is 10.3. The summed E-state index contributed by atoms with van der Waals surface area (Å²) in [6.45, 7) is 4.18. The van der Waals surface area contributed by atoms with Gasteiger partial charge in [0.1, 0.15) is 0 Å². The highest BCUT2D eigenvalue weighted by atomic mass is 32.2. The van der Waals surface area contributed by atoms with Crippen molar-refractivity contribution in [2.24, 2.45) is 0 Å². The molecular formula is C23H30N2O4S. The van der Waals surface area contributed by atoms with Gasteiger partial charge in [0, 0.05) is 12.6 Å². The number of likely N-dealkylation sites (tertiary alicyclic amines) is 1. The third-order valence-electron chi connectivity index (χ3n) is 5.19. The van der Waals surface area contributed by atoms with Gasteiger partial charge in [0.25, 0.3) is 0 Å². The molecule has 1 aliphatic heterocycles. The van der Waals surface area contributed by atoms with Crippen LogP contribution < -0.4 is 4.72 Å². The van der Waals surface area contributed by atoms with Crippen LogP contribution in [0.3, 0.4) is 0 Å². The van der Waals surface area contributed by atoms with E-state index in [1.54, 1.807) is 4.90 Å². The van der Waals surface area contributed by atoms with E-state index in [1.165, 1.54) is 0 Å². The normalized spacial score (nSPS) is 19.7. The number of hydrogen-bond donors (Lipinski definition) is 1. The fourth-order valence-corrected chi connectivity index (χ4v) is 4.79. The number of amides is 1. The predicted octanol–water partition coefficient (Wildman–Crippen LogP) is 3.82. The van der Waals surface area contributed by atoms with Crippen LogP contribution in [-0.2, 0) is 21.2 Å². The number of piperidine rings is 1. The zero-order valence-electron chi connectivity index (χ0n) is 17.7. The average Bonchev–Trinajstić information content (AvgIpc) is 2.68. The molecule has 0 bridgehead atoms. The highest BCUT2D eigenvalue weighted by Gasteiger charge is 2.37. The molecule has 162 valence electrons. The van der Waals surface area contributed by atoms with Crippen LogP contribution in [0.25, 0.3) is 11.1 Å². The molecule has 1 fully saturated rings. The maximum atomic E-state index is 12.7. The Morgan fingerprint density at radius 2 is 1.83 bits per heavy atom. The molecule has 6 nitrogen and oxygen atoms in total. The molecule has 0 aromatic heterocycles. The van der Waals surface area contributed by atoms with E-state index in [4.69, 9.17) is 4.74 Å². The van der Waals surface area contributed by atoms with Crippen molar-refractivity contribution in [3.63, 3.8) is 0 Å². The molecule has 3 rings (SSSR count). The zero-order valence-corrected chi connectivity index (χ0v) is 18.6. The van der Waals surface area contributed by atoms with Gasteiger partial charge in [-0.3, -0.25) is 0 Å². The Morgan fingerprint density at radius 3 is 2.50 bits per heavy atom. The van der Waals surface area contributed by atoms with Crippen molar-refractivity contribution < 1.29 is 17.9 Å². The topological polar surface area (TPSA) is 75.7 Å². The maximum Gasteiger partial charge on any atom is 0.410 e. The molecule has 0 saturated carbocycles. The molecule has 2 aromatic rings. The molecule has 1 amide bonds. The minimum atomic E-state index is -3.40. The van der Waals surface area contributed by atoms with E-state index in [9.17, 15) is 13.2 Å². The van der Waals surface area contributed by atoms with Crippen LogP contribution in [0.4, 0.5) is 4.79 Å². The summed E-state index contributed by atoms with van der Waals surface area (Å²) < 4.78 is 32.1. The van der Waals surface area contributed by atoms with Crippen molar-refractivity contribution in [3.05, 3.63) is 60.2 Å². The van der Waals surface area contributed by atoms with Crippen LogP contribution in [0.15, 0.2) is 54.6 Å². The maximum absolute atomic E-state index is 12.7. The van der Waals surface area contributed by atoms with E-state index in [2.05, 4.69) is 29.0 Å². The first kappa shape index (κ1) is 22.3. The minimum Gasteiger partial charge on any atom is -0.447 e. The molecule has 2 atom stereocenters.